The van der Waals surface area contributed by atoms with Crippen molar-refractivity contribution in [2.45, 2.75) is 24.7 Å². The van der Waals surface area contributed by atoms with Gasteiger partial charge in [-0.3, -0.25) is 10.1 Å². The Morgan fingerprint density at radius 1 is 1.35 bits per heavy atom. The van der Waals surface area contributed by atoms with Gasteiger partial charge in [-0.05, 0) is 44.0 Å². The van der Waals surface area contributed by atoms with E-state index < -0.39 is 15.9 Å². The zero-order valence-electron chi connectivity index (χ0n) is 14.6. The Balaban J connectivity index is 1.71. The van der Waals surface area contributed by atoms with Gasteiger partial charge in [-0.1, -0.05) is 5.16 Å². The lowest BCUT2D eigenvalue weighted by molar-refractivity contribution is -0.121. The van der Waals surface area contributed by atoms with E-state index in [0.717, 1.165) is 0 Å². The van der Waals surface area contributed by atoms with Gasteiger partial charge in [-0.2, -0.15) is 4.31 Å². The number of methoxy groups -OCH3 is 1. The summed E-state index contributed by atoms with van der Waals surface area (Å²) in [5.74, 6) is 0.141. The summed E-state index contributed by atoms with van der Waals surface area (Å²) >= 11 is 0. The van der Waals surface area contributed by atoms with E-state index in [1.54, 1.807) is 25.1 Å². The molecule has 0 saturated carbocycles. The van der Waals surface area contributed by atoms with Crippen LogP contribution in [0.25, 0.3) is 0 Å². The summed E-state index contributed by atoms with van der Waals surface area (Å²) in [6.45, 7) is 2.27. The molecule has 9 heteroatoms. The summed E-state index contributed by atoms with van der Waals surface area (Å²) in [4.78, 5) is 12.6. The van der Waals surface area contributed by atoms with E-state index in [4.69, 9.17) is 9.26 Å². The second-order valence-corrected chi connectivity index (χ2v) is 8.14. The lowest BCUT2D eigenvalue weighted by Crippen LogP contribution is -2.43. The minimum atomic E-state index is -3.66. The smallest absolute Gasteiger partial charge is 0.243 e. The number of aryl methyl sites for hydroxylation is 1. The maximum Gasteiger partial charge on any atom is 0.243 e. The number of sulfonamides is 1. The number of ether oxygens (including phenoxy) is 1. The fourth-order valence-corrected chi connectivity index (χ4v) is 4.44. The minimum absolute atomic E-state index is 0.132. The van der Waals surface area contributed by atoms with E-state index in [-0.39, 0.29) is 23.2 Å². The Kier molecular flexibility index (Phi) is 5.28. The van der Waals surface area contributed by atoms with Gasteiger partial charge in [0.25, 0.3) is 0 Å². The summed E-state index contributed by atoms with van der Waals surface area (Å²) < 4.78 is 37.1. The number of carbonyl (C=O) groups is 1. The number of aromatic nitrogens is 1. The van der Waals surface area contributed by atoms with Crippen LogP contribution >= 0.6 is 0 Å². The second-order valence-electron chi connectivity index (χ2n) is 6.20. The molecule has 1 fully saturated rings. The van der Waals surface area contributed by atoms with E-state index in [2.05, 4.69) is 10.5 Å². The molecule has 0 aliphatic carbocycles. The number of hydrogen-bond donors (Lipinski definition) is 1. The van der Waals surface area contributed by atoms with E-state index in [1.165, 1.54) is 23.5 Å². The van der Waals surface area contributed by atoms with Crippen molar-refractivity contribution in [1.82, 2.24) is 9.46 Å². The van der Waals surface area contributed by atoms with Gasteiger partial charge in [0.2, 0.25) is 21.8 Å². The van der Waals surface area contributed by atoms with Crippen molar-refractivity contribution in [3.8, 4) is 5.75 Å². The van der Waals surface area contributed by atoms with Crippen LogP contribution in [0.15, 0.2) is 39.8 Å². The fraction of sp³-hybridized carbons (Fsp3) is 0.412. The number of rotatable bonds is 5. The number of piperidine rings is 1. The van der Waals surface area contributed by atoms with Gasteiger partial charge in [0.15, 0.2) is 0 Å². The topological polar surface area (TPSA) is 102 Å². The van der Waals surface area contributed by atoms with E-state index >= 15 is 0 Å². The molecule has 8 nitrogen and oxygen atoms in total. The fourth-order valence-electron chi connectivity index (χ4n) is 2.92. The van der Waals surface area contributed by atoms with E-state index in [9.17, 15) is 13.2 Å². The highest BCUT2D eigenvalue weighted by molar-refractivity contribution is 7.89. The van der Waals surface area contributed by atoms with Crippen LogP contribution in [0.2, 0.25) is 0 Å². The molecule has 1 N–H and O–H groups in total. The first-order valence-electron chi connectivity index (χ1n) is 8.28. The zero-order valence-corrected chi connectivity index (χ0v) is 15.5. The predicted octanol–water partition coefficient (Wildman–Crippen LogP) is 2.03. The van der Waals surface area contributed by atoms with Crippen LogP contribution in [0, 0.1) is 12.8 Å². The zero-order chi connectivity index (χ0) is 18.7. The molecule has 1 aromatic heterocycles. The van der Waals surface area contributed by atoms with Crippen molar-refractivity contribution in [3.05, 3.63) is 36.0 Å². The highest BCUT2D eigenvalue weighted by Crippen LogP contribution is 2.26. The first-order valence-corrected chi connectivity index (χ1v) is 9.72. The van der Waals surface area contributed by atoms with Gasteiger partial charge in [0.05, 0.1) is 23.6 Å². The molecule has 1 atom stereocenters. The standard InChI is InChI=1S/C17H21N3O5S/c1-12-10-16(25-19-12)18-17(21)13-4-3-9-20(11-13)26(22,23)15-7-5-14(24-2)6-8-15/h5-8,10,13H,3-4,9,11H2,1-2H3,(H,18,21). The summed E-state index contributed by atoms with van der Waals surface area (Å²) in [6, 6.07) is 7.84. The van der Waals surface area contributed by atoms with Gasteiger partial charge >= 0.3 is 0 Å². The molecule has 1 unspecified atom stereocenters. The van der Waals surface area contributed by atoms with Crippen LogP contribution in [0.1, 0.15) is 18.5 Å². The van der Waals surface area contributed by atoms with Gasteiger partial charge in [-0.25, -0.2) is 8.42 Å². The summed E-state index contributed by atoms with van der Waals surface area (Å²) in [5, 5.41) is 6.37. The Hall–Kier alpha value is -2.39. The molecule has 3 rings (SSSR count). The number of amides is 1. The molecule has 2 aromatic rings. The normalized spacial score (nSPS) is 18.5. The van der Waals surface area contributed by atoms with Crippen LogP contribution in [-0.2, 0) is 14.8 Å². The van der Waals surface area contributed by atoms with Crippen molar-refractivity contribution in [3.63, 3.8) is 0 Å². The van der Waals surface area contributed by atoms with Crippen molar-refractivity contribution < 1.29 is 22.5 Å². The maximum absolute atomic E-state index is 12.8. The summed E-state index contributed by atoms with van der Waals surface area (Å²) in [7, 11) is -2.14. The summed E-state index contributed by atoms with van der Waals surface area (Å²) in [5.41, 5.74) is 0.660. The molecular formula is C17H21N3O5S. The Morgan fingerprint density at radius 3 is 2.69 bits per heavy atom. The lowest BCUT2D eigenvalue weighted by Gasteiger charge is -2.31. The Morgan fingerprint density at radius 2 is 2.08 bits per heavy atom. The van der Waals surface area contributed by atoms with Gasteiger partial charge < -0.3 is 9.26 Å². The predicted molar refractivity (Wildman–Crippen MR) is 94.3 cm³/mol. The van der Waals surface area contributed by atoms with Gasteiger partial charge in [0.1, 0.15) is 5.75 Å². The lowest BCUT2D eigenvalue weighted by atomic mass is 9.99. The number of anilines is 1. The number of benzene rings is 1. The molecule has 1 amide bonds. The van der Waals surface area contributed by atoms with Crippen LogP contribution in [0.3, 0.4) is 0 Å². The summed E-state index contributed by atoms with van der Waals surface area (Å²) in [6.07, 6.45) is 1.23. The van der Waals surface area contributed by atoms with Crippen LogP contribution < -0.4 is 10.1 Å². The maximum atomic E-state index is 12.8. The number of nitrogens with zero attached hydrogens (tertiary/aromatic N) is 2. The number of nitrogens with one attached hydrogen (secondary N) is 1. The molecule has 140 valence electrons. The molecule has 2 heterocycles. The molecule has 0 spiro atoms. The monoisotopic (exact) mass is 379 g/mol. The van der Waals surface area contributed by atoms with Crippen LogP contribution in [0.5, 0.6) is 5.75 Å². The number of carbonyl (C=O) groups excluding carboxylic acids is 1. The third-order valence-electron chi connectivity index (χ3n) is 4.33. The van der Waals surface area contributed by atoms with Crippen LogP contribution in [0.4, 0.5) is 5.88 Å². The average Bonchev–Trinajstić information content (AvgIpc) is 3.06. The molecule has 0 radical (unpaired) electrons. The van der Waals surface area contributed by atoms with E-state index in [0.29, 0.717) is 30.8 Å². The Labute approximate surface area is 152 Å². The molecule has 1 aromatic carbocycles. The van der Waals surface area contributed by atoms with Crippen LogP contribution in [-0.4, -0.2) is 44.0 Å². The minimum Gasteiger partial charge on any atom is -0.497 e. The van der Waals surface area contributed by atoms with Crippen molar-refractivity contribution in [2.75, 3.05) is 25.5 Å². The molecule has 1 aliphatic rings. The van der Waals surface area contributed by atoms with Crippen molar-refractivity contribution in [1.29, 1.82) is 0 Å². The highest BCUT2D eigenvalue weighted by Gasteiger charge is 2.33. The Bertz CT molecular complexity index is 876. The molecule has 0 bridgehead atoms. The van der Waals surface area contributed by atoms with Gasteiger partial charge in [-0.15, -0.1) is 0 Å². The van der Waals surface area contributed by atoms with Crippen molar-refractivity contribution >= 4 is 21.8 Å². The average molecular weight is 379 g/mol. The third-order valence-corrected chi connectivity index (χ3v) is 6.21. The third kappa shape index (κ3) is 3.88. The highest BCUT2D eigenvalue weighted by atomic mass is 32.2. The second kappa shape index (κ2) is 7.46. The molecule has 1 saturated heterocycles. The molecule has 26 heavy (non-hydrogen) atoms. The first-order chi connectivity index (χ1) is 12.4. The van der Waals surface area contributed by atoms with Gasteiger partial charge in [0, 0.05) is 19.2 Å². The van der Waals surface area contributed by atoms with E-state index in [1.807, 2.05) is 0 Å². The molecular weight excluding hydrogens is 358 g/mol. The molecule has 1 aliphatic heterocycles. The van der Waals surface area contributed by atoms with Crippen molar-refractivity contribution in [2.24, 2.45) is 5.92 Å². The quantitative estimate of drug-likeness (QED) is 0.853. The SMILES string of the molecule is COc1ccc(S(=O)(=O)N2CCCC(C(=O)Nc3cc(C)no3)C2)cc1. The first kappa shape index (κ1) is 18.4. The largest absolute Gasteiger partial charge is 0.497 e. The number of hydrogen-bond acceptors (Lipinski definition) is 6.